The van der Waals surface area contributed by atoms with Crippen LogP contribution in [-0.4, -0.2) is 46.9 Å². The van der Waals surface area contributed by atoms with Crippen LogP contribution in [0.1, 0.15) is 12.8 Å². The molecule has 1 saturated heterocycles. The topological polar surface area (TPSA) is 61.4 Å². The number of para-hydroxylation sites is 1. The largest absolute Gasteiger partial charge is 0.371 e. The van der Waals surface area contributed by atoms with Gasteiger partial charge in [0.25, 0.3) is 0 Å². The Labute approximate surface area is 121 Å². The molecule has 0 aromatic heterocycles. The zero-order valence-corrected chi connectivity index (χ0v) is 12.7. The molecule has 2 N–H and O–H groups in total. The van der Waals surface area contributed by atoms with Gasteiger partial charge in [-0.1, -0.05) is 18.2 Å². The van der Waals surface area contributed by atoms with E-state index in [1.165, 1.54) is 11.9 Å². The molecule has 0 unspecified atom stereocenters. The normalized spacial score (nSPS) is 17.4. The highest BCUT2D eigenvalue weighted by molar-refractivity contribution is 7.88. The number of rotatable bonds is 6. The zero-order chi connectivity index (χ0) is 14.4. The lowest BCUT2D eigenvalue weighted by Gasteiger charge is -2.34. The van der Waals surface area contributed by atoms with Gasteiger partial charge in [0.05, 0.1) is 6.26 Å². The third-order valence-corrected chi connectivity index (χ3v) is 4.27. The van der Waals surface area contributed by atoms with E-state index in [1.54, 1.807) is 0 Å². The fourth-order valence-corrected chi connectivity index (χ4v) is 2.97. The van der Waals surface area contributed by atoms with E-state index < -0.39 is 10.0 Å². The Kier molecular flexibility index (Phi) is 5.39. The molecule has 0 saturated carbocycles. The molecule has 6 heteroatoms. The lowest BCUT2D eigenvalue weighted by Crippen LogP contribution is -2.44. The van der Waals surface area contributed by atoms with Crippen molar-refractivity contribution in [2.24, 2.45) is 0 Å². The van der Waals surface area contributed by atoms with Crippen LogP contribution in [0.5, 0.6) is 0 Å². The Hall–Kier alpha value is -1.11. The first-order valence-corrected chi connectivity index (χ1v) is 8.92. The molecule has 1 aromatic rings. The molecule has 0 radical (unpaired) electrons. The number of hydrogen-bond donors (Lipinski definition) is 2. The van der Waals surface area contributed by atoms with Crippen LogP contribution >= 0.6 is 0 Å². The number of sulfonamides is 1. The van der Waals surface area contributed by atoms with Gasteiger partial charge in [0, 0.05) is 37.9 Å². The highest BCUT2D eigenvalue weighted by Crippen LogP contribution is 2.19. The van der Waals surface area contributed by atoms with Gasteiger partial charge in [-0.05, 0) is 25.0 Å². The van der Waals surface area contributed by atoms with Gasteiger partial charge in [0.2, 0.25) is 10.0 Å². The summed E-state index contributed by atoms with van der Waals surface area (Å²) in [5.41, 5.74) is 1.28. The molecule has 0 bridgehead atoms. The quantitative estimate of drug-likeness (QED) is 0.762. The fraction of sp³-hybridized carbons (Fsp3) is 0.571. The van der Waals surface area contributed by atoms with Gasteiger partial charge in [-0.25, -0.2) is 13.1 Å². The number of hydrogen-bond acceptors (Lipinski definition) is 4. The summed E-state index contributed by atoms with van der Waals surface area (Å²) in [7, 11) is -3.07. The molecule has 1 aromatic carbocycles. The number of anilines is 1. The highest BCUT2D eigenvalue weighted by Gasteiger charge is 2.18. The Bertz CT molecular complexity index is 496. The average molecular weight is 297 g/mol. The summed E-state index contributed by atoms with van der Waals surface area (Å²) in [5, 5.41) is 3.41. The fourth-order valence-electron chi connectivity index (χ4n) is 2.49. The van der Waals surface area contributed by atoms with Crippen molar-refractivity contribution in [1.82, 2.24) is 10.0 Å². The van der Waals surface area contributed by atoms with Crippen LogP contribution in [0.15, 0.2) is 30.3 Å². The van der Waals surface area contributed by atoms with Crippen molar-refractivity contribution in [2.45, 2.75) is 18.9 Å². The number of nitrogens with one attached hydrogen (secondary N) is 2. The molecule has 20 heavy (non-hydrogen) atoms. The second-order valence-corrected chi connectivity index (χ2v) is 7.05. The molecule has 0 atom stereocenters. The Morgan fingerprint density at radius 1 is 1.15 bits per heavy atom. The molecule has 1 aliphatic rings. The van der Waals surface area contributed by atoms with E-state index in [9.17, 15) is 8.42 Å². The van der Waals surface area contributed by atoms with Crippen LogP contribution in [0.3, 0.4) is 0 Å². The van der Waals surface area contributed by atoms with Crippen molar-refractivity contribution < 1.29 is 8.42 Å². The van der Waals surface area contributed by atoms with Crippen molar-refractivity contribution in [3.05, 3.63) is 30.3 Å². The molecule has 1 aliphatic heterocycles. The predicted octanol–water partition coefficient (Wildman–Crippen LogP) is 0.794. The van der Waals surface area contributed by atoms with Gasteiger partial charge >= 0.3 is 0 Å². The van der Waals surface area contributed by atoms with E-state index in [2.05, 4.69) is 39.2 Å². The SMILES string of the molecule is CS(=O)(=O)NCCNC1CCN(c2ccccc2)CC1. The van der Waals surface area contributed by atoms with E-state index in [0.29, 0.717) is 19.1 Å². The number of piperidine rings is 1. The molecule has 0 spiro atoms. The number of nitrogens with zero attached hydrogens (tertiary/aromatic N) is 1. The molecule has 1 heterocycles. The Balaban J connectivity index is 1.67. The summed E-state index contributed by atoms with van der Waals surface area (Å²) < 4.78 is 24.4. The van der Waals surface area contributed by atoms with Gasteiger partial charge in [-0.3, -0.25) is 0 Å². The summed E-state index contributed by atoms with van der Waals surface area (Å²) in [6.07, 6.45) is 3.37. The van der Waals surface area contributed by atoms with E-state index >= 15 is 0 Å². The van der Waals surface area contributed by atoms with Crippen LogP contribution in [-0.2, 0) is 10.0 Å². The average Bonchev–Trinajstić information content (AvgIpc) is 2.44. The lowest BCUT2D eigenvalue weighted by molar-refractivity contribution is 0.417. The van der Waals surface area contributed by atoms with Gasteiger partial charge in [-0.2, -0.15) is 0 Å². The van der Waals surface area contributed by atoms with Crippen molar-refractivity contribution >= 4 is 15.7 Å². The summed E-state index contributed by atoms with van der Waals surface area (Å²) in [4.78, 5) is 2.40. The minimum atomic E-state index is -3.07. The molecule has 112 valence electrons. The third-order valence-electron chi connectivity index (χ3n) is 3.54. The Morgan fingerprint density at radius 3 is 2.40 bits per heavy atom. The maximum Gasteiger partial charge on any atom is 0.208 e. The molecule has 2 rings (SSSR count). The van der Waals surface area contributed by atoms with Crippen molar-refractivity contribution in [3.63, 3.8) is 0 Å². The van der Waals surface area contributed by atoms with Gasteiger partial charge in [-0.15, -0.1) is 0 Å². The van der Waals surface area contributed by atoms with Crippen LogP contribution in [0.4, 0.5) is 5.69 Å². The van der Waals surface area contributed by atoms with Gasteiger partial charge in [0.1, 0.15) is 0 Å². The van der Waals surface area contributed by atoms with Crippen LogP contribution < -0.4 is 14.9 Å². The van der Waals surface area contributed by atoms with E-state index in [4.69, 9.17) is 0 Å². The van der Waals surface area contributed by atoms with Crippen molar-refractivity contribution in [1.29, 1.82) is 0 Å². The maximum absolute atomic E-state index is 10.9. The molecule has 0 aliphatic carbocycles. The smallest absolute Gasteiger partial charge is 0.208 e. The molecular formula is C14H23N3O2S. The van der Waals surface area contributed by atoms with E-state index in [0.717, 1.165) is 25.9 Å². The first kappa shape index (κ1) is 15.3. The van der Waals surface area contributed by atoms with Gasteiger partial charge in [0.15, 0.2) is 0 Å². The predicted molar refractivity (Wildman–Crippen MR) is 82.5 cm³/mol. The number of benzene rings is 1. The highest BCUT2D eigenvalue weighted by atomic mass is 32.2. The van der Waals surface area contributed by atoms with Gasteiger partial charge < -0.3 is 10.2 Å². The lowest BCUT2D eigenvalue weighted by atomic mass is 10.0. The molecule has 0 amide bonds. The summed E-state index contributed by atoms with van der Waals surface area (Å²) in [6, 6.07) is 10.9. The van der Waals surface area contributed by atoms with E-state index in [-0.39, 0.29) is 0 Å². The standard InChI is InChI=1S/C14H23N3O2S/c1-20(18,19)16-10-9-15-13-7-11-17(12-8-13)14-5-3-2-4-6-14/h2-6,13,15-16H,7-12H2,1H3. The molecule has 5 nitrogen and oxygen atoms in total. The van der Waals surface area contributed by atoms with Crippen LogP contribution in [0, 0.1) is 0 Å². The van der Waals surface area contributed by atoms with Crippen molar-refractivity contribution in [3.8, 4) is 0 Å². The summed E-state index contributed by atoms with van der Waals surface area (Å²) in [6.45, 7) is 3.23. The third kappa shape index (κ3) is 5.11. The first-order chi connectivity index (χ1) is 9.54. The monoisotopic (exact) mass is 297 g/mol. The molecule has 1 fully saturated rings. The summed E-state index contributed by atoms with van der Waals surface area (Å²) >= 11 is 0. The van der Waals surface area contributed by atoms with E-state index in [1.807, 2.05) is 6.07 Å². The van der Waals surface area contributed by atoms with Crippen LogP contribution in [0.2, 0.25) is 0 Å². The second kappa shape index (κ2) is 7.06. The minimum absolute atomic E-state index is 0.456. The maximum atomic E-state index is 10.9. The zero-order valence-electron chi connectivity index (χ0n) is 11.9. The van der Waals surface area contributed by atoms with Crippen molar-refractivity contribution in [2.75, 3.05) is 37.3 Å². The second-order valence-electron chi connectivity index (χ2n) is 5.22. The summed E-state index contributed by atoms with van der Waals surface area (Å²) in [5.74, 6) is 0. The Morgan fingerprint density at radius 2 is 1.80 bits per heavy atom. The minimum Gasteiger partial charge on any atom is -0.371 e. The van der Waals surface area contributed by atoms with Crippen LogP contribution in [0.25, 0.3) is 0 Å². The first-order valence-electron chi connectivity index (χ1n) is 7.02. The molecular weight excluding hydrogens is 274 g/mol.